The largest absolute Gasteiger partial charge is 0.370 e. The number of hydrogen-bond acceptors (Lipinski definition) is 5. The summed E-state index contributed by atoms with van der Waals surface area (Å²) in [4.78, 5) is 26.1. The molecule has 2 amide bonds. The summed E-state index contributed by atoms with van der Waals surface area (Å²) < 4.78 is 4.92. The average Bonchev–Trinajstić information content (AvgIpc) is 2.44. The predicted octanol–water partition coefficient (Wildman–Crippen LogP) is -1.38. The maximum Gasteiger partial charge on any atom is 0.252 e. The first-order valence-corrected chi connectivity index (χ1v) is 5.91. The number of pyridine rings is 1. The average molecular weight is 276 g/mol. The molecule has 7 heteroatoms. The minimum absolute atomic E-state index is 0.165. The molecule has 0 spiro atoms. The molecule has 0 saturated heterocycles. The summed E-state index contributed by atoms with van der Waals surface area (Å²) in [6, 6.07) is 1.62. The Bertz CT molecular complexity index is 534. The van der Waals surface area contributed by atoms with Crippen LogP contribution in [0.2, 0.25) is 0 Å². The summed E-state index contributed by atoms with van der Waals surface area (Å²) in [5.41, 5.74) is 11.2. The van der Waals surface area contributed by atoms with Gasteiger partial charge < -0.3 is 21.5 Å². The van der Waals surface area contributed by atoms with Gasteiger partial charge in [-0.25, -0.2) is 0 Å². The predicted molar refractivity (Wildman–Crippen MR) is 72.5 cm³/mol. The zero-order chi connectivity index (χ0) is 14.8. The zero-order valence-electron chi connectivity index (χ0n) is 10.9. The summed E-state index contributed by atoms with van der Waals surface area (Å²) in [7, 11) is 0. The number of nitrogens with zero attached hydrogens (tertiary/aromatic N) is 1. The number of carbonyl (C=O) groups is 2. The van der Waals surface area contributed by atoms with Crippen LogP contribution in [-0.4, -0.2) is 43.1 Å². The molecular weight excluding hydrogens is 260 g/mol. The van der Waals surface area contributed by atoms with Gasteiger partial charge in [-0.3, -0.25) is 14.6 Å². The molecule has 0 aliphatic carbocycles. The molecule has 0 bridgehead atoms. The van der Waals surface area contributed by atoms with Gasteiger partial charge in [0.25, 0.3) is 5.91 Å². The molecule has 1 aromatic rings. The molecule has 0 aliphatic rings. The first kappa shape index (κ1) is 15.6. The minimum Gasteiger partial charge on any atom is -0.370 e. The number of carbonyl (C=O) groups excluding carboxylic acids is 2. The van der Waals surface area contributed by atoms with Gasteiger partial charge in [0, 0.05) is 24.5 Å². The number of ether oxygens (including phenoxy) is 1. The van der Waals surface area contributed by atoms with Gasteiger partial charge in [0.15, 0.2) is 0 Å². The zero-order valence-corrected chi connectivity index (χ0v) is 10.9. The first-order valence-electron chi connectivity index (χ1n) is 5.91. The van der Waals surface area contributed by atoms with Crippen LogP contribution < -0.4 is 16.8 Å². The number of nitrogens with two attached hydrogens (primary N) is 2. The molecule has 1 heterocycles. The monoisotopic (exact) mass is 276 g/mol. The van der Waals surface area contributed by atoms with Crippen molar-refractivity contribution in [2.24, 2.45) is 11.5 Å². The van der Waals surface area contributed by atoms with Gasteiger partial charge in [-0.1, -0.05) is 11.8 Å². The number of primary amides is 1. The number of rotatable bonds is 6. The maximum absolute atomic E-state index is 11.8. The Labute approximate surface area is 116 Å². The lowest BCUT2D eigenvalue weighted by Crippen LogP contribution is -2.28. The minimum atomic E-state index is -0.549. The molecule has 0 atom stereocenters. The van der Waals surface area contributed by atoms with E-state index in [1.807, 2.05) is 0 Å². The molecule has 0 saturated carbocycles. The van der Waals surface area contributed by atoms with E-state index in [4.69, 9.17) is 16.2 Å². The molecule has 5 N–H and O–H groups in total. The van der Waals surface area contributed by atoms with Crippen molar-refractivity contribution in [1.82, 2.24) is 10.3 Å². The molecule has 0 aromatic carbocycles. The van der Waals surface area contributed by atoms with Gasteiger partial charge in [0.1, 0.15) is 6.61 Å². The Hall–Kier alpha value is -2.43. The van der Waals surface area contributed by atoms with E-state index < -0.39 is 5.91 Å². The molecule has 0 fully saturated rings. The highest BCUT2D eigenvalue weighted by molar-refractivity contribution is 5.94. The standard InChI is InChI=1S/C13H16N4O3/c14-3-1-2-10-6-11(8-16-7-10)13(19)17-4-5-20-9-12(15)18/h6-8H,3-5,9,14H2,(H2,15,18)(H,17,19). The van der Waals surface area contributed by atoms with Crippen molar-refractivity contribution in [2.45, 2.75) is 0 Å². The second-order valence-electron chi connectivity index (χ2n) is 3.74. The Kier molecular flexibility index (Phi) is 6.75. The molecule has 1 rings (SSSR count). The van der Waals surface area contributed by atoms with E-state index in [9.17, 15) is 9.59 Å². The highest BCUT2D eigenvalue weighted by Crippen LogP contribution is 2.01. The Morgan fingerprint density at radius 1 is 1.40 bits per heavy atom. The van der Waals surface area contributed by atoms with E-state index in [1.54, 1.807) is 12.3 Å². The molecule has 0 aliphatic heterocycles. The number of hydrogen-bond donors (Lipinski definition) is 3. The number of aromatic nitrogens is 1. The van der Waals surface area contributed by atoms with Crippen LogP contribution in [0.4, 0.5) is 0 Å². The summed E-state index contributed by atoms with van der Waals surface area (Å²) >= 11 is 0. The van der Waals surface area contributed by atoms with E-state index in [1.165, 1.54) is 6.20 Å². The van der Waals surface area contributed by atoms with Gasteiger partial charge in [-0.2, -0.15) is 0 Å². The van der Waals surface area contributed by atoms with Crippen LogP contribution in [0, 0.1) is 11.8 Å². The summed E-state index contributed by atoms with van der Waals surface area (Å²) in [5.74, 6) is 4.63. The van der Waals surface area contributed by atoms with Crippen LogP contribution in [-0.2, 0) is 9.53 Å². The van der Waals surface area contributed by atoms with Crippen LogP contribution in [0.5, 0.6) is 0 Å². The Morgan fingerprint density at radius 3 is 2.90 bits per heavy atom. The highest BCUT2D eigenvalue weighted by Gasteiger charge is 2.05. The second kappa shape index (κ2) is 8.63. The lowest BCUT2D eigenvalue weighted by Gasteiger charge is -2.05. The molecule has 0 unspecified atom stereocenters. The Morgan fingerprint density at radius 2 is 2.20 bits per heavy atom. The lowest BCUT2D eigenvalue weighted by molar-refractivity contribution is -0.122. The third-order valence-corrected chi connectivity index (χ3v) is 2.11. The van der Waals surface area contributed by atoms with Gasteiger partial charge in [-0.05, 0) is 6.07 Å². The van der Waals surface area contributed by atoms with Crippen LogP contribution in [0.3, 0.4) is 0 Å². The van der Waals surface area contributed by atoms with Gasteiger partial charge in [-0.15, -0.1) is 0 Å². The van der Waals surface area contributed by atoms with Crippen molar-refractivity contribution in [3.05, 3.63) is 29.6 Å². The van der Waals surface area contributed by atoms with Crippen molar-refractivity contribution < 1.29 is 14.3 Å². The fraction of sp³-hybridized carbons (Fsp3) is 0.308. The number of amides is 2. The van der Waals surface area contributed by atoms with Crippen LogP contribution in [0.1, 0.15) is 15.9 Å². The van der Waals surface area contributed by atoms with E-state index in [-0.39, 0.29) is 32.2 Å². The fourth-order valence-electron chi connectivity index (χ4n) is 1.30. The van der Waals surface area contributed by atoms with Crippen molar-refractivity contribution >= 4 is 11.8 Å². The highest BCUT2D eigenvalue weighted by atomic mass is 16.5. The smallest absolute Gasteiger partial charge is 0.252 e. The topological polar surface area (TPSA) is 120 Å². The SMILES string of the molecule is NCC#Cc1cncc(C(=O)NCCOCC(N)=O)c1. The molecule has 7 nitrogen and oxygen atoms in total. The van der Waals surface area contributed by atoms with Crippen molar-refractivity contribution in [2.75, 3.05) is 26.3 Å². The van der Waals surface area contributed by atoms with E-state index in [0.29, 0.717) is 11.1 Å². The van der Waals surface area contributed by atoms with Crippen LogP contribution >= 0.6 is 0 Å². The molecule has 20 heavy (non-hydrogen) atoms. The summed E-state index contributed by atoms with van der Waals surface area (Å²) in [6.07, 6.45) is 2.99. The molecule has 106 valence electrons. The van der Waals surface area contributed by atoms with Crippen LogP contribution in [0.25, 0.3) is 0 Å². The van der Waals surface area contributed by atoms with Crippen molar-refractivity contribution in [3.63, 3.8) is 0 Å². The molecule has 0 radical (unpaired) electrons. The third-order valence-electron chi connectivity index (χ3n) is 2.11. The maximum atomic E-state index is 11.8. The number of nitrogens with one attached hydrogen (secondary N) is 1. The normalized spacial score (nSPS) is 9.45. The summed E-state index contributed by atoms with van der Waals surface area (Å²) in [5, 5.41) is 2.63. The van der Waals surface area contributed by atoms with Crippen molar-refractivity contribution in [1.29, 1.82) is 0 Å². The first-order chi connectivity index (χ1) is 9.63. The lowest BCUT2D eigenvalue weighted by atomic mass is 10.2. The molecular formula is C13H16N4O3. The third kappa shape index (κ3) is 5.95. The summed E-state index contributed by atoms with van der Waals surface area (Å²) in [6.45, 7) is 0.550. The fourth-order valence-corrected chi connectivity index (χ4v) is 1.30. The van der Waals surface area contributed by atoms with Gasteiger partial charge in [0.05, 0.1) is 18.7 Å². The van der Waals surface area contributed by atoms with Crippen molar-refractivity contribution in [3.8, 4) is 11.8 Å². The van der Waals surface area contributed by atoms with E-state index >= 15 is 0 Å². The quantitative estimate of drug-likeness (QED) is 0.437. The van der Waals surface area contributed by atoms with E-state index in [2.05, 4.69) is 22.1 Å². The van der Waals surface area contributed by atoms with Gasteiger partial charge in [0.2, 0.25) is 5.91 Å². The van der Waals surface area contributed by atoms with Crippen LogP contribution in [0.15, 0.2) is 18.5 Å². The Balaban J connectivity index is 2.45. The second-order valence-corrected chi connectivity index (χ2v) is 3.74. The van der Waals surface area contributed by atoms with E-state index in [0.717, 1.165) is 0 Å². The van der Waals surface area contributed by atoms with Gasteiger partial charge >= 0.3 is 0 Å². The molecule has 1 aromatic heterocycles.